The van der Waals surface area contributed by atoms with E-state index in [9.17, 15) is 10.1 Å². The van der Waals surface area contributed by atoms with E-state index in [1.54, 1.807) is 14.0 Å². The molecule has 2 rings (SSSR count). The predicted molar refractivity (Wildman–Crippen MR) is 80.1 cm³/mol. The van der Waals surface area contributed by atoms with Crippen molar-refractivity contribution in [3.8, 4) is 0 Å². The third-order valence-electron chi connectivity index (χ3n) is 3.15. The highest BCUT2D eigenvalue weighted by atomic mass is 16.6. The van der Waals surface area contributed by atoms with Crippen LogP contribution in [0, 0.1) is 17.0 Å². The van der Waals surface area contributed by atoms with Gasteiger partial charge in [0.2, 0.25) is 0 Å². The van der Waals surface area contributed by atoms with Crippen LogP contribution >= 0.6 is 0 Å². The quantitative estimate of drug-likeness (QED) is 0.652. The second-order valence-electron chi connectivity index (χ2n) is 4.67. The van der Waals surface area contributed by atoms with E-state index < -0.39 is 4.92 Å². The maximum absolute atomic E-state index is 10.9. The number of ether oxygens (including phenoxy) is 1. The Kier molecular flexibility index (Phi) is 4.84. The number of anilines is 1. The third kappa shape index (κ3) is 3.76. The molecule has 1 heterocycles. The van der Waals surface area contributed by atoms with Crippen LogP contribution in [0.15, 0.2) is 36.5 Å². The number of nitrogens with one attached hydrogen (secondary N) is 1. The fourth-order valence-corrected chi connectivity index (χ4v) is 2.02. The number of pyridine rings is 1. The van der Waals surface area contributed by atoms with Crippen LogP contribution in [-0.2, 0) is 17.9 Å². The van der Waals surface area contributed by atoms with Crippen molar-refractivity contribution in [1.82, 2.24) is 4.98 Å². The van der Waals surface area contributed by atoms with Gasteiger partial charge < -0.3 is 10.1 Å². The maximum Gasteiger partial charge on any atom is 0.277 e. The van der Waals surface area contributed by atoms with Crippen LogP contribution < -0.4 is 5.32 Å². The zero-order valence-corrected chi connectivity index (χ0v) is 12.0. The number of hydrogen-bond acceptors (Lipinski definition) is 5. The van der Waals surface area contributed by atoms with Crippen molar-refractivity contribution in [1.29, 1.82) is 0 Å². The molecule has 0 spiro atoms. The minimum absolute atomic E-state index is 0.0673. The Morgan fingerprint density at radius 1 is 1.33 bits per heavy atom. The second-order valence-corrected chi connectivity index (χ2v) is 4.67. The summed E-state index contributed by atoms with van der Waals surface area (Å²) in [6.45, 7) is 2.73. The first-order valence-corrected chi connectivity index (χ1v) is 6.52. The highest BCUT2D eigenvalue weighted by Crippen LogP contribution is 2.20. The Bertz CT molecular complexity index is 644. The van der Waals surface area contributed by atoms with E-state index in [4.69, 9.17) is 4.74 Å². The first-order valence-electron chi connectivity index (χ1n) is 6.52. The standard InChI is InChI=1S/C15H17N3O3/c1-11-8-16-15(7-14(11)18(19)20)17-9-12-5-3-4-6-13(12)10-21-2/h3-8H,9-10H2,1-2H3,(H,16,17). The lowest BCUT2D eigenvalue weighted by molar-refractivity contribution is -0.385. The van der Waals surface area contributed by atoms with Crippen LogP contribution in [0.5, 0.6) is 0 Å². The monoisotopic (exact) mass is 287 g/mol. The molecule has 6 heteroatoms. The number of methoxy groups -OCH3 is 1. The molecule has 21 heavy (non-hydrogen) atoms. The van der Waals surface area contributed by atoms with Crippen molar-refractivity contribution in [2.24, 2.45) is 0 Å². The van der Waals surface area contributed by atoms with Gasteiger partial charge in [-0.1, -0.05) is 24.3 Å². The summed E-state index contributed by atoms with van der Waals surface area (Å²) in [5, 5.41) is 14.0. The topological polar surface area (TPSA) is 77.3 Å². The Hall–Kier alpha value is -2.47. The number of nitro groups is 1. The van der Waals surface area contributed by atoms with Gasteiger partial charge in [0, 0.05) is 25.4 Å². The summed E-state index contributed by atoms with van der Waals surface area (Å²) in [5.41, 5.74) is 2.77. The Morgan fingerprint density at radius 3 is 2.71 bits per heavy atom. The van der Waals surface area contributed by atoms with Crippen LogP contribution in [0.4, 0.5) is 11.5 Å². The van der Waals surface area contributed by atoms with E-state index >= 15 is 0 Å². The molecule has 0 saturated carbocycles. The lowest BCUT2D eigenvalue weighted by atomic mass is 10.1. The summed E-state index contributed by atoms with van der Waals surface area (Å²) in [6, 6.07) is 9.33. The summed E-state index contributed by atoms with van der Waals surface area (Å²) >= 11 is 0. The van der Waals surface area contributed by atoms with Crippen LogP contribution in [0.25, 0.3) is 0 Å². The highest BCUT2D eigenvalue weighted by Gasteiger charge is 2.12. The van der Waals surface area contributed by atoms with Crippen LogP contribution in [0.1, 0.15) is 16.7 Å². The van der Waals surface area contributed by atoms with Crippen LogP contribution in [-0.4, -0.2) is 17.0 Å². The fraction of sp³-hybridized carbons (Fsp3) is 0.267. The van der Waals surface area contributed by atoms with Gasteiger partial charge in [-0.05, 0) is 18.1 Å². The molecule has 0 atom stereocenters. The lowest BCUT2D eigenvalue weighted by Crippen LogP contribution is -2.05. The summed E-state index contributed by atoms with van der Waals surface area (Å²) in [4.78, 5) is 14.7. The van der Waals surface area contributed by atoms with Crippen molar-refractivity contribution < 1.29 is 9.66 Å². The van der Waals surface area contributed by atoms with Gasteiger partial charge in [0.15, 0.2) is 0 Å². The molecule has 0 aliphatic rings. The summed E-state index contributed by atoms with van der Waals surface area (Å²) in [5.74, 6) is 0.486. The molecule has 6 nitrogen and oxygen atoms in total. The van der Waals surface area contributed by atoms with Gasteiger partial charge in [-0.25, -0.2) is 4.98 Å². The maximum atomic E-state index is 10.9. The Labute approximate surface area is 122 Å². The van der Waals surface area contributed by atoms with Crippen LogP contribution in [0.2, 0.25) is 0 Å². The molecule has 1 N–H and O–H groups in total. The van der Waals surface area contributed by atoms with E-state index in [0.29, 0.717) is 24.5 Å². The summed E-state index contributed by atoms with van der Waals surface area (Å²) in [7, 11) is 1.65. The molecule has 0 aliphatic carbocycles. The number of benzene rings is 1. The molecule has 1 aromatic carbocycles. The van der Waals surface area contributed by atoms with E-state index in [1.165, 1.54) is 12.3 Å². The normalized spacial score (nSPS) is 10.4. The Morgan fingerprint density at radius 2 is 2.05 bits per heavy atom. The van der Waals surface area contributed by atoms with Crippen LogP contribution in [0.3, 0.4) is 0 Å². The number of rotatable bonds is 6. The van der Waals surface area contributed by atoms with Gasteiger partial charge >= 0.3 is 0 Å². The molecule has 0 fully saturated rings. The van der Waals surface area contributed by atoms with E-state index in [1.807, 2.05) is 24.3 Å². The predicted octanol–water partition coefficient (Wildman–Crippen LogP) is 3.06. The van der Waals surface area contributed by atoms with E-state index in [-0.39, 0.29) is 5.69 Å². The largest absolute Gasteiger partial charge is 0.380 e. The average molecular weight is 287 g/mol. The minimum Gasteiger partial charge on any atom is -0.380 e. The zero-order valence-electron chi connectivity index (χ0n) is 12.0. The SMILES string of the molecule is COCc1ccccc1CNc1cc([N+](=O)[O-])c(C)cn1. The van der Waals surface area contributed by atoms with Gasteiger partial charge in [0.1, 0.15) is 5.82 Å². The smallest absolute Gasteiger partial charge is 0.277 e. The minimum atomic E-state index is -0.402. The first-order chi connectivity index (χ1) is 10.1. The molecule has 0 amide bonds. The molecule has 0 radical (unpaired) electrons. The third-order valence-corrected chi connectivity index (χ3v) is 3.15. The lowest BCUT2D eigenvalue weighted by Gasteiger charge is -2.10. The average Bonchev–Trinajstić information content (AvgIpc) is 2.47. The first kappa shape index (κ1) is 14.9. The molecular weight excluding hydrogens is 270 g/mol. The molecule has 0 aliphatic heterocycles. The molecule has 0 saturated heterocycles. The number of nitrogens with zero attached hydrogens (tertiary/aromatic N) is 2. The molecule has 110 valence electrons. The van der Waals surface area contributed by atoms with Gasteiger partial charge in [0.05, 0.1) is 17.6 Å². The molecule has 1 aromatic heterocycles. The summed E-state index contributed by atoms with van der Waals surface area (Å²) in [6.07, 6.45) is 1.50. The number of hydrogen-bond donors (Lipinski definition) is 1. The number of aromatic nitrogens is 1. The molecule has 0 unspecified atom stereocenters. The molecule has 2 aromatic rings. The van der Waals surface area contributed by atoms with Crippen molar-refractivity contribution in [3.63, 3.8) is 0 Å². The van der Waals surface area contributed by atoms with Crippen molar-refractivity contribution in [2.75, 3.05) is 12.4 Å². The Balaban J connectivity index is 2.13. The summed E-state index contributed by atoms with van der Waals surface area (Å²) < 4.78 is 5.15. The van der Waals surface area contributed by atoms with Crippen molar-refractivity contribution >= 4 is 11.5 Å². The fourth-order valence-electron chi connectivity index (χ4n) is 2.02. The zero-order chi connectivity index (χ0) is 15.2. The number of aryl methyl sites for hydroxylation is 1. The molecular formula is C15H17N3O3. The van der Waals surface area contributed by atoms with Gasteiger partial charge in [-0.3, -0.25) is 10.1 Å². The highest BCUT2D eigenvalue weighted by molar-refractivity contribution is 5.49. The van der Waals surface area contributed by atoms with Gasteiger partial charge in [-0.15, -0.1) is 0 Å². The van der Waals surface area contributed by atoms with Gasteiger partial charge in [0.25, 0.3) is 5.69 Å². The molecule has 0 bridgehead atoms. The van der Waals surface area contributed by atoms with E-state index in [2.05, 4.69) is 10.3 Å². The van der Waals surface area contributed by atoms with Gasteiger partial charge in [-0.2, -0.15) is 0 Å². The van der Waals surface area contributed by atoms with Crippen molar-refractivity contribution in [3.05, 3.63) is 63.3 Å². The van der Waals surface area contributed by atoms with E-state index in [0.717, 1.165) is 11.1 Å². The van der Waals surface area contributed by atoms with Crippen molar-refractivity contribution in [2.45, 2.75) is 20.1 Å². The second kappa shape index (κ2) is 6.81.